The van der Waals surface area contributed by atoms with Gasteiger partial charge >= 0.3 is 0 Å². The lowest BCUT2D eigenvalue weighted by atomic mass is 10.1. The van der Waals surface area contributed by atoms with Crippen molar-refractivity contribution in [2.75, 3.05) is 17.8 Å². The summed E-state index contributed by atoms with van der Waals surface area (Å²) in [7, 11) is 0. The van der Waals surface area contributed by atoms with Gasteiger partial charge in [-0.3, -0.25) is 0 Å². The second-order valence-electron chi connectivity index (χ2n) is 3.11. The average molecular weight is 219 g/mol. The summed E-state index contributed by atoms with van der Waals surface area (Å²) in [6.07, 6.45) is 10.1. The summed E-state index contributed by atoms with van der Waals surface area (Å²) >= 11 is 4.04. The van der Waals surface area contributed by atoms with Crippen molar-refractivity contribution in [3.8, 4) is 0 Å². The van der Waals surface area contributed by atoms with Crippen LogP contribution < -0.4 is 0 Å². The number of rotatable bonds is 9. The molecule has 13 heavy (non-hydrogen) atoms. The quantitative estimate of drug-likeness (QED) is 0.532. The molecule has 79 valence electrons. The SMILES string of the molecule is CCSCCCC[CH]C(CC)SC. The Balaban J connectivity index is 3.05. The fourth-order valence-corrected chi connectivity index (χ4v) is 2.58. The van der Waals surface area contributed by atoms with Gasteiger partial charge in [0.25, 0.3) is 0 Å². The largest absolute Gasteiger partial charge is 0.162 e. The molecule has 0 saturated heterocycles. The van der Waals surface area contributed by atoms with E-state index in [9.17, 15) is 0 Å². The number of hydrogen-bond acceptors (Lipinski definition) is 2. The van der Waals surface area contributed by atoms with E-state index in [1.54, 1.807) is 0 Å². The molecule has 0 aromatic heterocycles. The molecular weight excluding hydrogens is 196 g/mol. The predicted octanol–water partition coefficient (Wildman–Crippen LogP) is 4.26. The highest BCUT2D eigenvalue weighted by Gasteiger charge is 2.02. The van der Waals surface area contributed by atoms with Crippen LogP contribution in [0.1, 0.15) is 39.5 Å². The monoisotopic (exact) mass is 219 g/mol. The van der Waals surface area contributed by atoms with Crippen molar-refractivity contribution in [1.29, 1.82) is 0 Å². The first-order valence-corrected chi connectivity index (χ1v) is 7.73. The van der Waals surface area contributed by atoms with Crippen molar-refractivity contribution in [2.45, 2.75) is 44.8 Å². The first-order chi connectivity index (χ1) is 6.35. The van der Waals surface area contributed by atoms with Crippen LogP contribution in [-0.4, -0.2) is 23.0 Å². The second-order valence-corrected chi connectivity index (χ2v) is 5.58. The zero-order valence-corrected chi connectivity index (χ0v) is 10.8. The molecule has 0 heterocycles. The van der Waals surface area contributed by atoms with Gasteiger partial charge in [0.15, 0.2) is 0 Å². The maximum absolute atomic E-state index is 2.49. The molecule has 1 unspecified atom stereocenters. The zero-order chi connectivity index (χ0) is 9.94. The lowest BCUT2D eigenvalue weighted by Crippen LogP contribution is -2.00. The molecule has 0 saturated carbocycles. The van der Waals surface area contributed by atoms with Gasteiger partial charge < -0.3 is 0 Å². The Bertz CT molecular complexity index is 90.1. The number of thioether (sulfide) groups is 2. The van der Waals surface area contributed by atoms with Crippen LogP contribution in [0.15, 0.2) is 0 Å². The first-order valence-electron chi connectivity index (χ1n) is 5.29. The molecule has 0 aliphatic heterocycles. The summed E-state index contributed by atoms with van der Waals surface area (Å²) in [5.41, 5.74) is 0. The van der Waals surface area contributed by atoms with Crippen molar-refractivity contribution in [1.82, 2.24) is 0 Å². The van der Waals surface area contributed by atoms with Gasteiger partial charge in [-0.05, 0) is 43.4 Å². The minimum Gasteiger partial charge on any atom is -0.162 e. The van der Waals surface area contributed by atoms with E-state index < -0.39 is 0 Å². The highest BCUT2D eigenvalue weighted by Crippen LogP contribution is 2.17. The molecule has 0 N–H and O–H groups in total. The molecule has 2 heteroatoms. The van der Waals surface area contributed by atoms with Gasteiger partial charge in [-0.1, -0.05) is 20.3 Å². The normalized spacial score (nSPS) is 13.2. The highest BCUT2D eigenvalue weighted by molar-refractivity contribution is 7.99. The van der Waals surface area contributed by atoms with Gasteiger partial charge in [-0.2, -0.15) is 23.5 Å². The average Bonchev–Trinajstić information content (AvgIpc) is 2.17. The maximum Gasteiger partial charge on any atom is 0.00729 e. The van der Waals surface area contributed by atoms with E-state index in [-0.39, 0.29) is 0 Å². The fraction of sp³-hybridized carbons (Fsp3) is 0.909. The van der Waals surface area contributed by atoms with Crippen molar-refractivity contribution >= 4 is 23.5 Å². The third kappa shape index (κ3) is 9.01. The van der Waals surface area contributed by atoms with Crippen molar-refractivity contribution in [3.05, 3.63) is 6.42 Å². The van der Waals surface area contributed by atoms with Gasteiger partial charge in [0.2, 0.25) is 0 Å². The van der Waals surface area contributed by atoms with E-state index in [1.165, 1.54) is 37.2 Å². The van der Waals surface area contributed by atoms with E-state index in [0.29, 0.717) is 0 Å². The Morgan fingerprint density at radius 2 is 2.00 bits per heavy atom. The molecule has 0 spiro atoms. The van der Waals surface area contributed by atoms with Gasteiger partial charge in [0.1, 0.15) is 0 Å². The summed E-state index contributed by atoms with van der Waals surface area (Å²) in [4.78, 5) is 0. The Kier molecular flexibility index (Phi) is 11.4. The van der Waals surface area contributed by atoms with Crippen LogP contribution in [0, 0.1) is 6.42 Å². The highest BCUT2D eigenvalue weighted by atomic mass is 32.2. The lowest BCUT2D eigenvalue weighted by Gasteiger charge is -2.10. The van der Waals surface area contributed by atoms with E-state index in [4.69, 9.17) is 0 Å². The van der Waals surface area contributed by atoms with E-state index in [0.717, 1.165) is 5.25 Å². The van der Waals surface area contributed by atoms with Gasteiger partial charge in [0, 0.05) is 5.25 Å². The topological polar surface area (TPSA) is 0 Å². The van der Waals surface area contributed by atoms with Crippen LogP contribution in [-0.2, 0) is 0 Å². The molecule has 0 bridgehead atoms. The number of unbranched alkanes of at least 4 members (excludes halogenated alkanes) is 2. The van der Waals surface area contributed by atoms with Crippen LogP contribution in [0.25, 0.3) is 0 Å². The van der Waals surface area contributed by atoms with Crippen molar-refractivity contribution in [3.63, 3.8) is 0 Å². The van der Waals surface area contributed by atoms with Crippen LogP contribution >= 0.6 is 23.5 Å². The van der Waals surface area contributed by atoms with E-state index >= 15 is 0 Å². The Morgan fingerprint density at radius 1 is 1.23 bits per heavy atom. The second kappa shape index (κ2) is 10.8. The summed E-state index contributed by atoms with van der Waals surface area (Å²) in [5.74, 6) is 2.62. The summed E-state index contributed by atoms with van der Waals surface area (Å²) in [5, 5.41) is 0.791. The molecular formula is C11H23S2. The standard InChI is InChI=1S/C11H23S2/c1-4-11(12-3)9-7-6-8-10-13-5-2/h9,11H,4-8,10H2,1-3H3. The summed E-state index contributed by atoms with van der Waals surface area (Å²) in [6.45, 7) is 4.50. The van der Waals surface area contributed by atoms with Crippen molar-refractivity contribution in [2.24, 2.45) is 0 Å². The maximum atomic E-state index is 2.49. The molecule has 0 aliphatic rings. The van der Waals surface area contributed by atoms with Crippen LogP contribution in [0.5, 0.6) is 0 Å². The molecule has 0 rings (SSSR count). The summed E-state index contributed by atoms with van der Waals surface area (Å²) < 4.78 is 0. The van der Waals surface area contributed by atoms with Crippen LogP contribution in [0.4, 0.5) is 0 Å². The Hall–Kier alpha value is 0.700. The molecule has 0 aromatic carbocycles. The molecule has 1 radical (unpaired) electrons. The van der Waals surface area contributed by atoms with Gasteiger partial charge in [-0.25, -0.2) is 0 Å². The summed E-state index contributed by atoms with van der Waals surface area (Å²) in [6, 6.07) is 0. The Labute approximate surface area is 92.6 Å². The molecule has 0 nitrogen and oxygen atoms in total. The third-order valence-electron chi connectivity index (χ3n) is 2.08. The van der Waals surface area contributed by atoms with Crippen LogP contribution in [0.2, 0.25) is 0 Å². The fourth-order valence-electron chi connectivity index (χ4n) is 1.23. The van der Waals surface area contributed by atoms with Gasteiger partial charge in [-0.15, -0.1) is 0 Å². The predicted molar refractivity (Wildman–Crippen MR) is 68.7 cm³/mol. The van der Waals surface area contributed by atoms with Crippen molar-refractivity contribution < 1.29 is 0 Å². The van der Waals surface area contributed by atoms with Gasteiger partial charge in [0.05, 0.1) is 0 Å². The third-order valence-corrected chi connectivity index (χ3v) is 4.20. The molecule has 0 aliphatic carbocycles. The zero-order valence-electron chi connectivity index (χ0n) is 9.21. The number of hydrogen-bond donors (Lipinski definition) is 0. The Morgan fingerprint density at radius 3 is 2.54 bits per heavy atom. The molecule has 0 aromatic rings. The minimum atomic E-state index is 0.791. The van der Waals surface area contributed by atoms with E-state index in [1.807, 2.05) is 11.8 Å². The van der Waals surface area contributed by atoms with Crippen LogP contribution in [0.3, 0.4) is 0 Å². The first kappa shape index (κ1) is 13.7. The molecule has 0 amide bonds. The lowest BCUT2D eigenvalue weighted by molar-refractivity contribution is 0.749. The minimum absolute atomic E-state index is 0.791. The molecule has 0 fully saturated rings. The smallest absolute Gasteiger partial charge is 0.00729 e. The van der Waals surface area contributed by atoms with E-state index in [2.05, 4.69) is 38.3 Å². The molecule has 1 atom stereocenters.